The minimum Gasteiger partial charge on any atom is -0.490 e. The summed E-state index contributed by atoms with van der Waals surface area (Å²) in [5.41, 5.74) is 1.16. The van der Waals surface area contributed by atoms with Crippen LogP contribution in [0.3, 0.4) is 0 Å². The highest BCUT2D eigenvalue weighted by Gasteiger charge is 2.31. The van der Waals surface area contributed by atoms with Crippen LogP contribution in [0.25, 0.3) is 0 Å². The van der Waals surface area contributed by atoms with Gasteiger partial charge in [0.1, 0.15) is 11.6 Å². The van der Waals surface area contributed by atoms with Crippen LogP contribution < -0.4 is 20.7 Å². The van der Waals surface area contributed by atoms with E-state index < -0.39 is 24.0 Å². The summed E-state index contributed by atoms with van der Waals surface area (Å²) in [5, 5.41) is 18.5. The van der Waals surface area contributed by atoms with E-state index in [0.29, 0.717) is 23.7 Å². The Kier molecular flexibility index (Phi) is 13.4. The van der Waals surface area contributed by atoms with Crippen molar-refractivity contribution in [3.05, 3.63) is 53.8 Å². The Morgan fingerprint density at radius 3 is 2.42 bits per heavy atom. The Labute approximate surface area is 265 Å². The van der Waals surface area contributed by atoms with Crippen molar-refractivity contribution >= 4 is 29.3 Å². The van der Waals surface area contributed by atoms with Crippen molar-refractivity contribution in [1.29, 1.82) is 0 Å². The number of benzene rings is 2. The highest BCUT2D eigenvalue weighted by Crippen LogP contribution is 2.28. The van der Waals surface area contributed by atoms with Crippen molar-refractivity contribution in [2.75, 3.05) is 44.0 Å². The zero-order valence-corrected chi connectivity index (χ0v) is 27.1. The van der Waals surface area contributed by atoms with Gasteiger partial charge in [-0.1, -0.05) is 6.92 Å². The fourth-order valence-corrected chi connectivity index (χ4v) is 5.00. The zero-order chi connectivity index (χ0) is 33.1. The number of ether oxygens (including phenoxy) is 2. The number of carbonyl (C=O) groups excluding carboxylic acids is 3. The number of urea groups is 2. The number of amides is 5. The number of fused-ring (bicyclic) bond motifs is 1. The molecule has 0 saturated heterocycles. The summed E-state index contributed by atoms with van der Waals surface area (Å²) in [6.07, 6.45) is 1.71. The van der Waals surface area contributed by atoms with Crippen LogP contribution in [0.5, 0.6) is 5.75 Å². The molecular formula is C33H48FN5O6. The maximum absolute atomic E-state index is 14.2. The molecule has 12 heteroatoms. The van der Waals surface area contributed by atoms with E-state index in [1.165, 1.54) is 29.2 Å². The lowest BCUT2D eigenvalue weighted by Gasteiger charge is -2.35. The molecule has 3 rings (SSSR count). The summed E-state index contributed by atoms with van der Waals surface area (Å²) in [7, 11) is 1.65. The predicted octanol–water partition coefficient (Wildman–Crippen LogP) is 5.32. The second-order valence-corrected chi connectivity index (χ2v) is 12.1. The molecule has 4 N–H and O–H groups in total. The molecule has 1 aliphatic heterocycles. The van der Waals surface area contributed by atoms with Gasteiger partial charge in [-0.2, -0.15) is 0 Å². The van der Waals surface area contributed by atoms with E-state index in [2.05, 4.69) is 16.0 Å². The number of aliphatic hydroxyl groups is 1. The lowest BCUT2D eigenvalue weighted by molar-refractivity contribution is -0.0115. The van der Waals surface area contributed by atoms with Crippen LogP contribution in [-0.2, 0) is 4.74 Å². The van der Waals surface area contributed by atoms with Crippen LogP contribution in [0.1, 0.15) is 64.2 Å². The SMILES string of the molecule is CC(C)NC(=O)Nc1ccc2c(c1)C(=O)N([C@@H](C)CO)C[C@@H](C)[C@@H](CN(C)C(=O)Nc1ccc(F)cc1)OCCCC[C@@H](C)O2. The maximum Gasteiger partial charge on any atom is 0.321 e. The van der Waals surface area contributed by atoms with E-state index >= 15 is 0 Å². The third kappa shape index (κ3) is 10.9. The molecule has 0 fully saturated rings. The molecule has 2 aromatic carbocycles. The fraction of sp³-hybridized carbons (Fsp3) is 0.545. The zero-order valence-electron chi connectivity index (χ0n) is 27.1. The van der Waals surface area contributed by atoms with Crippen molar-refractivity contribution in [2.45, 2.75) is 78.2 Å². The lowest BCUT2D eigenvalue weighted by Crippen LogP contribution is -2.48. The third-order valence-corrected chi connectivity index (χ3v) is 7.63. The van der Waals surface area contributed by atoms with Gasteiger partial charge in [0.15, 0.2) is 0 Å². The number of halogens is 1. The molecule has 0 saturated carbocycles. The topological polar surface area (TPSA) is 132 Å². The molecule has 1 aliphatic rings. The summed E-state index contributed by atoms with van der Waals surface area (Å²) in [6, 6.07) is 9.12. The van der Waals surface area contributed by atoms with E-state index in [9.17, 15) is 23.9 Å². The minimum atomic E-state index is -0.542. The molecule has 248 valence electrons. The summed E-state index contributed by atoms with van der Waals surface area (Å²) in [5.74, 6) is -0.607. The van der Waals surface area contributed by atoms with Crippen molar-refractivity contribution in [2.24, 2.45) is 5.92 Å². The Morgan fingerprint density at radius 2 is 1.76 bits per heavy atom. The Bertz CT molecular complexity index is 1280. The number of aliphatic hydroxyl groups excluding tert-OH is 1. The average molecular weight is 630 g/mol. The fourth-order valence-electron chi connectivity index (χ4n) is 5.00. The Hall–Kier alpha value is -3.90. The number of likely N-dealkylation sites (N-methyl/N-ethyl adjacent to an activating group) is 1. The summed E-state index contributed by atoms with van der Waals surface area (Å²) < 4.78 is 25.9. The van der Waals surface area contributed by atoms with E-state index in [4.69, 9.17) is 9.47 Å². The lowest BCUT2D eigenvalue weighted by atomic mass is 10.0. The molecule has 45 heavy (non-hydrogen) atoms. The van der Waals surface area contributed by atoms with Gasteiger partial charge in [0, 0.05) is 50.1 Å². The van der Waals surface area contributed by atoms with Gasteiger partial charge in [0.05, 0.1) is 30.4 Å². The average Bonchev–Trinajstić information content (AvgIpc) is 2.99. The molecule has 0 aliphatic carbocycles. The molecule has 11 nitrogen and oxygen atoms in total. The van der Waals surface area contributed by atoms with Crippen LogP contribution in [-0.4, -0.2) is 90.5 Å². The van der Waals surface area contributed by atoms with Crippen molar-refractivity contribution in [3.63, 3.8) is 0 Å². The summed E-state index contributed by atoms with van der Waals surface area (Å²) in [6.45, 7) is 9.99. The Morgan fingerprint density at radius 1 is 1.07 bits per heavy atom. The molecule has 5 amide bonds. The van der Waals surface area contributed by atoms with Gasteiger partial charge in [0.2, 0.25) is 0 Å². The first-order valence-corrected chi connectivity index (χ1v) is 15.6. The summed E-state index contributed by atoms with van der Waals surface area (Å²) >= 11 is 0. The van der Waals surface area contributed by atoms with Gasteiger partial charge in [0.25, 0.3) is 5.91 Å². The van der Waals surface area contributed by atoms with Crippen molar-refractivity contribution in [3.8, 4) is 5.75 Å². The normalized spacial score (nSPS) is 20.3. The number of hydrogen-bond donors (Lipinski definition) is 4. The van der Waals surface area contributed by atoms with Crippen LogP contribution in [0, 0.1) is 11.7 Å². The van der Waals surface area contributed by atoms with Crippen molar-refractivity contribution < 1.29 is 33.4 Å². The molecule has 2 aromatic rings. The van der Waals surface area contributed by atoms with E-state index in [-0.39, 0.29) is 55.3 Å². The number of nitrogens with zero attached hydrogens (tertiary/aromatic N) is 2. The van der Waals surface area contributed by atoms with Gasteiger partial charge in [-0.3, -0.25) is 4.79 Å². The monoisotopic (exact) mass is 629 g/mol. The largest absolute Gasteiger partial charge is 0.490 e. The smallest absolute Gasteiger partial charge is 0.321 e. The van der Waals surface area contributed by atoms with Gasteiger partial charge in [-0.25, -0.2) is 14.0 Å². The number of rotatable bonds is 7. The van der Waals surface area contributed by atoms with E-state index in [0.717, 1.165) is 19.3 Å². The van der Waals surface area contributed by atoms with Crippen LogP contribution in [0.4, 0.5) is 25.4 Å². The second-order valence-electron chi connectivity index (χ2n) is 12.1. The van der Waals surface area contributed by atoms with Gasteiger partial charge < -0.3 is 40.3 Å². The molecule has 0 bridgehead atoms. The van der Waals surface area contributed by atoms with Crippen molar-refractivity contribution in [1.82, 2.24) is 15.1 Å². The first kappa shape index (κ1) is 35.6. The second kappa shape index (κ2) is 17.0. The highest BCUT2D eigenvalue weighted by atomic mass is 19.1. The first-order chi connectivity index (χ1) is 21.4. The predicted molar refractivity (Wildman–Crippen MR) is 172 cm³/mol. The highest BCUT2D eigenvalue weighted by molar-refractivity contribution is 5.99. The van der Waals surface area contributed by atoms with Gasteiger partial charge >= 0.3 is 12.1 Å². The number of carbonyl (C=O) groups is 3. The number of nitrogens with one attached hydrogen (secondary N) is 3. The third-order valence-electron chi connectivity index (χ3n) is 7.63. The maximum atomic E-state index is 14.2. The molecule has 0 spiro atoms. The number of hydrogen-bond acceptors (Lipinski definition) is 6. The molecule has 0 aromatic heterocycles. The molecule has 0 unspecified atom stereocenters. The van der Waals surface area contributed by atoms with E-state index in [1.807, 2.05) is 27.7 Å². The van der Waals surface area contributed by atoms with E-state index in [1.54, 1.807) is 37.1 Å². The van der Waals surface area contributed by atoms with Crippen LogP contribution in [0.15, 0.2) is 42.5 Å². The molecule has 4 atom stereocenters. The molecule has 1 heterocycles. The van der Waals surface area contributed by atoms with Crippen LogP contribution >= 0.6 is 0 Å². The Balaban J connectivity index is 1.88. The minimum absolute atomic E-state index is 0.0707. The standard InChI is InChI=1S/C33H48FN5O6/c1-21(2)35-32(42)36-27-14-15-29-28(17-27)31(41)39(23(4)20-40)18-22(3)30(44-16-8-7-9-24(5)45-29)19-38(6)33(43)37-26-12-10-25(34)11-13-26/h10-15,17,21-24,30,40H,7-9,16,18-20H2,1-6H3,(H,37,43)(H2,35,36,42)/t22-,23+,24-,30-/m1/s1. The van der Waals surface area contributed by atoms with Crippen LogP contribution in [0.2, 0.25) is 0 Å². The molecule has 0 radical (unpaired) electrons. The molecular weight excluding hydrogens is 581 g/mol. The quantitative estimate of drug-likeness (QED) is 0.328. The number of anilines is 2. The van der Waals surface area contributed by atoms with Gasteiger partial charge in [-0.15, -0.1) is 0 Å². The first-order valence-electron chi connectivity index (χ1n) is 15.6. The summed E-state index contributed by atoms with van der Waals surface area (Å²) in [4.78, 5) is 42.7. The van der Waals surface area contributed by atoms with Gasteiger partial charge in [-0.05, 0) is 89.4 Å².